The van der Waals surface area contributed by atoms with Crippen LogP contribution in [0.25, 0.3) is 10.2 Å². The lowest BCUT2D eigenvalue weighted by Gasteiger charge is -2.09. The summed E-state index contributed by atoms with van der Waals surface area (Å²) in [5.74, 6) is 1.25. The van der Waals surface area contributed by atoms with Gasteiger partial charge in [-0.25, -0.2) is 4.98 Å². The molecule has 2 aromatic carbocycles. The minimum absolute atomic E-state index is 0.347. The predicted molar refractivity (Wildman–Crippen MR) is 91.5 cm³/mol. The number of rotatable bonds is 4. The molecule has 0 spiro atoms. The van der Waals surface area contributed by atoms with E-state index in [1.165, 1.54) is 11.3 Å². The molecule has 0 amide bonds. The highest BCUT2D eigenvalue weighted by atomic mass is 32.1. The maximum atomic E-state index is 5.70. The number of benzene rings is 2. The Hall–Kier alpha value is -2.18. The van der Waals surface area contributed by atoms with Crippen molar-refractivity contribution in [3.63, 3.8) is 0 Å². The Bertz CT molecular complexity index is 796. The quantitative estimate of drug-likeness (QED) is 0.674. The summed E-state index contributed by atoms with van der Waals surface area (Å²) in [7, 11) is 3.17. The van der Waals surface area contributed by atoms with Crippen LogP contribution in [0.1, 0.15) is 5.56 Å². The molecular formula is C16H13NO3S2. The smallest absolute Gasteiger partial charge is 0.280 e. The number of thiocarbonyl (C=S) groups is 1. The van der Waals surface area contributed by atoms with Gasteiger partial charge in [-0.3, -0.25) is 0 Å². The fraction of sp³-hybridized carbons (Fsp3) is 0.125. The normalized spacial score (nSPS) is 10.5. The topological polar surface area (TPSA) is 40.6 Å². The van der Waals surface area contributed by atoms with E-state index >= 15 is 0 Å². The average Bonchev–Trinajstić information content (AvgIpc) is 2.96. The van der Waals surface area contributed by atoms with Crippen molar-refractivity contribution in [3.05, 3.63) is 48.0 Å². The standard InChI is InChI=1S/C16H13NO3S2/c1-18-12-8-7-10(9-13(12)19-2)15(21)20-16-17-11-5-3-4-6-14(11)22-16/h3-9H,1-2H3. The van der Waals surface area contributed by atoms with Crippen LogP contribution in [0.5, 0.6) is 16.7 Å². The molecule has 0 radical (unpaired) electrons. The van der Waals surface area contributed by atoms with Crippen LogP contribution in [-0.2, 0) is 0 Å². The first-order chi connectivity index (χ1) is 10.7. The molecule has 0 fully saturated rings. The van der Waals surface area contributed by atoms with Gasteiger partial charge in [0, 0.05) is 5.56 Å². The van der Waals surface area contributed by atoms with Crippen molar-refractivity contribution in [1.29, 1.82) is 0 Å². The van der Waals surface area contributed by atoms with Gasteiger partial charge in [-0.2, -0.15) is 0 Å². The van der Waals surface area contributed by atoms with Crippen LogP contribution in [0.2, 0.25) is 0 Å². The lowest BCUT2D eigenvalue weighted by atomic mass is 10.2. The Morgan fingerprint density at radius 3 is 2.55 bits per heavy atom. The van der Waals surface area contributed by atoms with Gasteiger partial charge in [0.15, 0.2) is 11.5 Å². The number of ether oxygens (including phenoxy) is 3. The van der Waals surface area contributed by atoms with Gasteiger partial charge in [0.1, 0.15) is 0 Å². The zero-order valence-electron chi connectivity index (χ0n) is 12.0. The van der Waals surface area contributed by atoms with Gasteiger partial charge < -0.3 is 14.2 Å². The summed E-state index contributed by atoms with van der Waals surface area (Å²) in [6.07, 6.45) is 0. The van der Waals surface area contributed by atoms with Gasteiger partial charge in [-0.15, -0.1) is 0 Å². The second-order valence-corrected chi connectivity index (χ2v) is 5.77. The van der Waals surface area contributed by atoms with Gasteiger partial charge in [0.05, 0.1) is 24.4 Å². The number of nitrogens with zero attached hydrogens (tertiary/aromatic N) is 1. The van der Waals surface area contributed by atoms with Gasteiger partial charge in [-0.1, -0.05) is 23.5 Å². The summed E-state index contributed by atoms with van der Waals surface area (Å²) >= 11 is 6.80. The molecule has 1 aromatic heterocycles. The lowest BCUT2D eigenvalue weighted by Crippen LogP contribution is -2.07. The second-order valence-electron chi connectivity index (χ2n) is 4.41. The van der Waals surface area contributed by atoms with E-state index in [1.54, 1.807) is 26.4 Å². The minimum Gasteiger partial charge on any atom is -0.493 e. The average molecular weight is 331 g/mol. The molecule has 0 aliphatic rings. The Labute approximate surface area is 137 Å². The molecule has 0 aliphatic carbocycles. The van der Waals surface area contributed by atoms with Crippen molar-refractivity contribution >= 4 is 38.8 Å². The van der Waals surface area contributed by atoms with E-state index in [0.717, 1.165) is 15.8 Å². The van der Waals surface area contributed by atoms with Crippen LogP contribution >= 0.6 is 23.6 Å². The molecule has 0 aliphatic heterocycles. The molecule has 3 aromatic rings. The maximum absolute atomic E-state index is 5.70. The molecule has 3 rings (SSSR count). The molecular weight excluding hydrogens is 318 g/mol. The van der Waals surface area contributed by atoms with Crippen LogP contribution in [0, 0.1) is 0 Å². The Morgan fingerprint density at radius 2 is 1.82 bits per heavy atom. The molecule has 6 heteroatoms. The van der Waals surface area contributed by atoms with E-state index in [9.17, 15) is 0 Å². The predicted octanol–water partition coefficient (Wildman–Crippen LogP) is 4.07. The van der Waals surface area contributed by atoms with E-state index in [-0.39, 0.29) is 0 Å². The highest BCUT2D eigenvalue weighted by Gasteiger charge is 2.12. The Kier molecular flexibility index (Phi) is 4.22. The number of para-hydroxylation sites is 1. The largest absolute Gasteiger partial charge is 0.493 e. The van der Waals surface area contributed by atoms with Crippen LogP contribution in [0.3, 0.4) is 0 Å². The van der Waals surface area contributed by atoms with Crippen molar-refractivity contribution in [1.82, 2.24) is 4.98 Å². The van der Waals surface area contributed by atoms with Crippen LogP contribution in [-0.4, -0.2) is 24.3 Å². The van der Waals surface area contributed by atoms with Crippen LogP contribution < -0.4 is 14.2 Å². The first-order valence-electron chi connectivity index (χ1n) is 6.51. The fourth-order valence-electron chi connectivity index (χ4n) is 2.00. The molecule has 0 N–H and O–H groups in total. The molecule has 0 unspecified atom stereocenters. The first-order valence-corrected chi connectivity index (χ1v) is 7.73. The fourth-order valence-corrected chi connectivity index (χ4v) is 3.08. The molecule has 0 saturated heterocycles. The summed E-state index contributed by atoms with van der Waals surface area (Å²) < 4.78 is 17.2. The van der Waals surface area contributed by atoms with Crippen LogP contribution in [0.4, 0.5) is 0 Å². The highest BCUT2D eigenvalue weighted by molar-refractivity contribution is 7.80. The van der Waals surface area contributed by atoms with Crippen LogP contribution in [0.15, 0.2) is 42.5 Å². The van der Waals surface area contributed by atoms with Crippen molar-refractivity contribution in [2.45, 2.75) is 0 Å². The first kappa shape index (κ1) is 14.7. The maximum Gasteiger partial charge on any atom is 0.280 e. The van der Waals surface area contributed by atoms with Gasteiger partial charge in [-0.05, 0) is 42.5 Å². The lowest BCUT2D eigenvalue weighted by molar-refractivity contribution is 0.355. The molecule has 22 heavy (non-hydrogen) atoms. The third-order valence-electron chi connectivity index (χ3n) is 3.07. The second kappa shape index (κ2) is 6.29. The zero-order valence-corrected chi connectivity index (χ0v) is 13.7. The van der Waals surface area contributed by atoms with Gasteiger partial charge in [0.25, 0.3) is 5.19 Å². The number of hydrogen-bond donors (Lipinski definition) is 0. The summed E-state index contributed by atoms with van der Waals surface area (Å²) in [5.41, 5.74) is 1.64. The van der Waals surface area contributed by atoms with E-state index in [0.29, 0.717) is 21.7 Å². The number of thiazole rings is 1. The number of hydrogen-bond acceptors (Lipinski definition) is 6. The molecule has 0 atom stereocenters. The summed E-state index contributed by atoms with van der Waals surface area (Å²) in [6, 6.07) is 13.3. The molecule has 4 nitrogen and oxygen atoms in total. The van der Waals surface area contributed by atoms with E-state index in [4.69, 9.17) is 26.4 Å². The van der Waals surface area contributed by atoms with E-state index < -0.39 is 0 Å². The van der Waals surface area contributed by atoms with E-state index in [2.05, 4.69) is 4.98 Å². The SMILES string of the molecule is COc1ccc(C(=S)Oc2nc3ccccc3s2)cc1OC. The summed E-state index contributed by atoms with van der Waals surface area (Å²) in [5, 5.41) is 0.876. The molecule has 0 bridgehead atoms. The van der Waals surface area contributed by atoms with Gasteiger partial charge in [0.2, 0.25) is 5.05 Å². The Morgan fingerprint density at radius 1 is 1.05 bits per heavy atom. The van der Waals surface area contributed by atoms with Crippen molar-refractivity contribution < 1.29 is 14.2 Å². The number of methoxy groups -OCH3 is 2. The summed E-state index contributed by atoms with van der Waals surface area (Å²) in [6.45, 7) is 0. The van der Waals surface area contributed by atoms with Gasteiger partial charge >= 0.3 is 0 Å². The third kappa shape index (κ3) is 2.88. The van der Waals surface area contributed by atoms with Crippen molar-refractivity contribution in [3.8, 4) is 16.7 Å². The molecule has 112 valence electrons. The van der Waals surface area contributed by atoms with Crippen molar-refractivity contribution in [2.24, 2.45) is 0 Å². The number of fused-ring (bicyclic) bond motifs is 1. The molecule has 1 heterocycles. The molecule has 0 saturated carbocycles. The third-order valence-corrected chi connectivity index (χ3v) is 4.31. The van der Waals surface area contributed by atoms with E-state index in [1.807, 2.05) is 30.3 Å². The summed E-state index contributed by atoms with van der Waals surface area (Å²) in [4.78, 5) is 4.41. The highest BCUT2D eigenvalue weighted by Crippen LogP contribution is 2.30. The van der Waals surface area contributed by atoms with Crippen molar-refractivity contribution in [2.75, 3.05) is 14.2 Å². The Balaban J connectivity index is 1.84. The zero-order chi connectivity index (χ0) is 15.5. The monoisotopic (exact) mass is 331 g/mol. The number of aromatic nitrogens is 1. The minimum atomic E-state index is 0.347.